The van der Waals surface area contributed by atoms with Crippen LogP contribution in [0.5, 0.6) is 0 Å². The number of rotatable bonds is 6. The largest absolute Gasteiger partial charge is 0.444 e. The number of nitrogens with zero attached hydrogens (tertiary/aromatic N) is 1. The number of carbonyl (C=O) groups excluding carboxylic acids is 1. The van der Waals surface area contributed by atoms with E-state index in [2.05, 4.69) is 6.58 Å². The Balaban J connectivity index is 1.70. The van der Waals surface area contributed by atoms with E-state index in [-0.39, 0.29) is 23.6 Å². The van der Waals surface area contributed by atoms with Crippen LogP contribution in [0.15, 0.2) is 43.0 Å². The molecule has 1 saturated carbocycles. The zero-order valence-corrected chi connectivity index (χ0v) is 18.0. The van der Waals surface area contributed by atoms with Gasteiger partial charge in [-0.1, -0.05) is 36.9 Å². The summed E-state index contributed by atoms with van der Waals surface area (Å²) in [4.78, 5) is 15.2. The van der Waals surface area contributed by atoms with Crippen molar-refractivity contribution in [2.45, 2.75) is 51.8 Å². The van der Waals surface area contributed by atoms with Gasteiger partial charge in [-0.3, -0.25) is 10.2 Å². The first-order chi connectivity index (χ1) is 14.6. The van der Waals surface area contributed by atoms with Gasteiger partial charge in [0.2, 0.25) is 0 Å². The molecule has 31 heavy (non-hydrogen) atoms. The molecule has 1 heterocycles. The molecule has 2 aromatic carbocycles. The molecule has 1 aliphatic heterocycles. The minimum Gasteiger partial charge on any atom is -0.444 e. The van der Waals surface area contributed by atoms with Gasteiger partial charge in [0.15, 0.2) is 5.90 Å². The molecule has 0 spiro atoms. The summed E-state index contributed by atoms with van der Waals surface area (Å²) in [6, 6.07) is 9.79. The molecule has 162 valence electrons. The van der Waals surface area contributed by atoms with E-state index in [4.69, 9.17) is 10.1 Å². The molecular weight excluding hydrogens is 395 g/mol. The van der Waals surface area contributed by atoms with Crippen LogP contribution in [0.2, 0.25) is 0 Å². The zero-order chi connectivity index (χ0) is 22.5. The van der Waals surface area contributed by atoms with Crippen LogP contribution in [0.1, 0.15) is 55.1 Å². The molecule has 1 fully saturated rings. The number of hydrogen-bond acceptors (Lipinski definition) is 4. The van der Waals surface area contributed by atoms with Crippen molar-refractivity contribution in [2.75, 3.05) is 0 Å². The van der Waals surface area contributed by atoms with Crippen LogP contribution in [0, 0.1) is 17.1 Å². The Labute approximate surface area is 181 Å². The maximum absolute atomic E-state index is 15.1. The van der Waals surface area contributed by atoms with Gasteiger partial charge >= 0.3 is 0 Å². The van der Waals surface area contributed by atoms with E-state index < -0.39 is 11.4 Å². The van der Waals surface area contributed by atoms with Crippen LogP contribution in [0.25, 0.3) is 16.9 Å². The Morgan fingerprint density at radius 1 is 1.29 bits per heavy atom. The minimum atomic E-state index is -1.01. The number of aliphatic hydroxyl groups is 1. The summed E-state index contributed by atoms with van der Waals surface area (Å²) >= 11 is 0. The number of carbonyl (C=O) groups is 1. The Bertz CT molecular complexity index is 1080. The molecule has 2 N–H and O–H groups in total. The van der Waals surface area contributed by atoms with Crippen molar-refractivity contribution in [3.63, 3.8) is 0 Å². The van der Waals surface area contributed by atoms with Crippen LogP contribution in [0.3, 0.4) is 0 Å². The van der Waals surface area contributed by atoms with Crippen molar-refractivity contribution in [1.82, 2.24) is 4.90 Å². The lowest BCUT2D eigenvalue weighted by Crippen LogP contribution is -2.51. The van der Waals surface area contributed by atoms with Crippen LogP contribution >= 0.6 is 0 Å². The SMILES string of the molecule is C=C(OC(C)=N)c1ccc(-c2cccc3c2C(=O)N([C@H](C2CC2)C(C)(C)O)C3)c(F)c1. The van der Waals surface area contributed by atoms with Crippen LogP contribution < -0.4 is 0 Å². The highest BCUT2D eigenvalue weighted by Gasteiger charge is 2.48. The summed E-state index contributed by atoms with van der Waals surface area (Å²) < 4.78 is 20.3. The fourth-order valence-electron chi connectivity index (χ4n) is 4.61. The van der Waals surface area contributed by atoms with Gasteiger partial charge in [0.25, 0.3) is 5.91 Å². The summed E-state index contributed by atoms with van der Waals surface area (Å²) in [6.45, 7) is 9.12. The van der Waals surface area contributed by atoms with Crippen molar-refractivity contribution in [2.24, 2.45) is 5.92 Å². The fourth-order valence-corrected chi connectivity index (χ4v) is 4.61. The standard InChI is InChI=1S/C25H27FN2O3/c1-14(31-15(2)27)17-10-11-19(21(26)12-17)20-7-5-6-18-13-28(24(29)22(18)20)23(16-8-9-16)25(3,4)30/h5-7,10-12,16,23,27,30H,1,8-9,13H2,2-4H3/t23-/m1/s1. The molecule has 1 amide bonds. The second-order valence-electron chi connectivity index (χ2n) is 8.98. The van der Waals surface area contributed by atoms with E-state index in [1.807, 2.05) is 12.1 Å². The van der Waals surface area contributed by atoms with Gasteiger partial charge in [0, 0.05) is 24.6 Å². The smallest absolute Gasteiger partial charge is 0.255 e. The third-order valence-electron chi connectivity index (χ3n) is 5.95. The molecule has 6 heteroatoms. The molecule has 4 rings (SSSR count). The topological polar surface area (TPSA) is 73.6 Å². The average Bonchev–Trinajstić information content (AvgIpc) is 3.44. The Kier molecular flexibility index (Phi) is 5.21. The van der Waals surface area contributed by atoms with Gasteiger partial charge < -0.3 is 14.7 Å². The molecule has 5 nitrogen and oxygen atoms in total. The van der Waals surface area contributed by atoms with E-state index in [9.17, 15) is 9.90 Å². The van der Waals surface area contributed by atoms with Gasteiger partial charge in [0.05, 0.1) is 17.2 Å². The van der Waals surface area contributed by atoms with E-state index in [1.54, 1.807) is 36.9 Å². The van der Waals surface area contributed by atoms with Crippen molar-refractivity contribution >= 4 is 17.6 Å². The third kappa shape index (κ3) is 4.00. The number of benzene rings is 2. The molecule has 0 saturated heterocycles. The number of fused-ring (bicyclic) bond motifs is 1. The molecule has 0 radical (unpaired) electrons. The van der Waals surface area contributed by atoms with Gasteiger partial charge in [-0.2, -0.15) is 0 Å². The summed E-state index contributed by atoms with van der Waals surface area (Å²) in [7, 11) is 0. The van der Waals surface area contributed by atoms with Crippen LogP contribution in [0.4, 0.5) is 4.39 Å². The second kappa shape index (κ2) is 7.61. The molecule has 2 aliphatic rings. The maximum atomic E-state index is 15.1. The summed E-state index contributed by atoms with van der Waals surface area (Å²) in [6.07, 6.45) is 2.00. The summed E-state index contributed by atoms with van der Waals surface area (Å²) in [5.74, 6) is -0.207. The summed E-state index contributed by atoms with van der Waals surface area (Å²) in [5.41, 5.74) is 1.61. The number of halogens is 1. The van der Waals surface area contributed by atoms with Crippen molar-refractivity contribution in [1.29, 1.82) is 5.41 Å². The predicted octanol–water partition coefficient (Wildman–Crippen LogP) is 4.98. The van der Waals surface area contributed by atoms with Crippen molar-refractivity contribution in [3.8, 4) is 11.1 Å². The predicted molar refractivity (Wildman–Crippen MR) is 118 cm³/mol. The van der Waals surface area contributed by atoms with Crippen LogP contribution in [-0.2, 0) is 11.3 Å². The monoisotopic (exact) mass is 422 g/mol. The number of nitrogens with one attached hydrogen (secondary N) is 1. The quantitative estimate of drug-likeness (QED) is 0.392. The molecule has 1 aliphatic carbocycles. The first-order valence-electron chi connectivity index (χ1n) is 10.5. The van der Waals surface area contributed by atoms with Crippen molar-refractivity contribution in [3.05, 3.63) is 65.5 Å². The second-order valence-corrected chi connectivity index (χ2v) is 8.98. The van der Waals surface area contributed by atoms with Gasteiger partial charge in [-0.25, -0.2) is 4.39 Å². The molecule has 1 atom stereocenters. The van der Waals surface area contributed by atoms with Gasteiger partial charge in [0.1, 0.15) is 11.6 Å². The Morgan fingerprint density at radius 2 is 2.00 bits per heavy atom. The minimum absolute atomic E-state index is 0.0296. The highest BCUT2D eigenvalue weighted by Crippen LogP contribution is 2.44. The molecule has 0 unspecified atom stereocenters. The normalized spacial score (nSPS) is 16.8. The Hall–Kier alpha value is -2.99. The van der Waals surface area contributed by atoms with Crippen molar-refractivity contribution < 1.29 is 19.0 Å². The number of ether oxygens (including phenoxy) is 1. The van der Waals surface area contributed by atoms with Crippen LogP contribution in [-0.4, -0.2) is 33.5 Å². The van der Waals surface area contributed by atoms with E-state index in [1.165, 1.54) is 13.0 Å². The lowest BCUT2D eigenvalue weighted by Gasteiger charge is -2.37. The number of hydrogen-bond donors (Lipinski definition) is 2. The lowest BCUT2D eigenvalue weighted by atomic mass is 9.92. The lowest BCUT2D eigenvalue weighted by molar-refractivity contribution is -0.0224. The van der Waals surface area contributed by atoms with E-state index in [0.717, 1.165) is 18.4 Å². The first kappa shape index (κ1) is 21.2. The fraction of sp³-hybridized carbons (Fsp3) is 0.360. The zero-order valence-electron chi connectivity index (χ0n) is 18.0. The van der Waals surface area contributed by atoms with Gasteiger partial charge in [-0.15, -0.1) is 0 Å². The molecule has 0 aromatic heterocycles. The maximum Gasteiger partial charge on any atom is 0.255 e. The highest BCUT2D eigenvalue weighted by molar-refractivity contribution is 6.05. The third-order valence-corrected chi connectivity index (χ3v) is 5.95. The molecular formula is C25H27FN2O3. The summed E-state index contributed by atoms with van der Waals surface area (Å²) in [5, 5.41) is 18.1. The number of amides is 1. The molecule has 0 bridgehead atoms. The van der Waals surface area contributed by atoms with Gasteiger partial charge in [-0.05, 0) is 49.8 Å². The average molecular weight is 423 g/mol. The van der Waals surface area contributed by atoms with E-state index >= 15 is 4.39 Å². The highest BCUT2D eigenvalue weighted by atomic mass is 19.1. The Morgan fingerprint density at radius 3 is 2.58 bits per heavy atom. The first-order valence-corrected chi connectivity index (χ1v) is 10.5. The van der Waals surface area contributed by atoms with E-state index in [0.29, 0.717) is 34.7 Å². The molecule has 2 aromatic rings.